The van der Waals surface area contributed by atoms with Gasteiger partial charge in [-0.25, -0.2) is 0 Å². The standard InChI is InChI=1S/C17H23ClN2O3/c1-11(2)15(17(22)20-8-4-5-9-20)19-16(21)13-7-6-12(23-3)10-14(13)18/h6-7,10-11,15H,4-5,8-9H2,1-3H3,(H,19,21)/t15-/m0/s1. The molecule has 2 amide bonds. The van der Waals surface area contributed by atoms with E-state index in [0.29, 0.717) is 16.3 Å². The second-order valence-electron chi connectivity index (χ2n) is 6.07. The number of benzene rings is 1. The van der Waals surface area contributed by atoms with E-state index in [4.69, 9.17) is 16.3 Å². The second kappa shape index (κ2) is 7.68. The van der Waals surface area contributed by atoms with Crippen molar-refractivity contribution in [3.05, 3.63) is 28.8 Å². The van der Waals surface area contributed by atoms with Crippen LogP contribution in [0.15, 0.2) is 18.2 Å². The monoisotopic (exact) mass is 338 g/mol. The Labute approximate surface area is 141 Å². The molecule has 5 nitrogen and oxygen atoms in total. The molecule has 1 N–H and O–H groups in total. The van der Waals surface area contributed by atoms with Crippen molar-refractivity contribution in [1.29, 1.82) is 0 Å². The Morgan fingerprint density at radius 3 is 2.43 bits per heavy atom. The lowest BCUT2D eigenvalue weighted by Crippen LogP contribution is -2.50. The van der Waals surface area contributed by atoms with Crippen LogP contribution in [0.5, 0.6) is 5.75 Å². The molecular formula is C17H23ClN2O3. The number of rotatable bonds is 5. The fourth-order valence-corrected chi connectivity index (χ4v) is 2.93. The van der Waals surface area contributed by atoms with Crippen molar-refractivity contribution in [3.8, 4) is 5.75 Å². The van der Waals surface area contributed by atoms with Crippen LogP contribution in [0.2, 0.25) is 5.02 Å². The molecule has 1 aromatic carbocycles. The smallest absolute Gasteiger partial charge is 0.253 e. The van der Waals surface area contributed by atoms with Gasteiger partial charge in [-0.15, -0.1) is 0 Å². The first-order valence-electron chi connectivity index (χ1n) is 7.87. The largest absolute Gasteiger partial charge is 0.497 e. The van der Waals surface area contributed by atoms with Crippen molar-refractivity contribution in [1.82, 2.24) is 10.2 Å². The third-order valence-corrected chi connectivity index (χ3v) is 4.37. The van der Waals surface area contributed by atoms with Gasteiger partial charge in [0.2, 0.25) is 5.91 Å². The summed E-state index contributed by atoms with van der Waals surface area (Å²) in [5.74, 6) is 0.226. The zero-order valence-corrected chi connectivity index (χ0v) is 14.5. The first-order chi connectivity index (χ1) is 10.9. The average molecular weight is 339 g/mol. The number of carbonyl (C=O) groups excluding carboxylic acids is 2. The van der Waals surface area contributed by atoms with E-state index in [9.17, 15) is 9.59 Å². The maximum absolute atomic E-state index is 12.6. The predicted octanol–water partition coefficient (Wildman–Crippen LogP) is 2.73. The quantitative estimate of drug-likeness (QED) is 0.898. The Bertz CT molecular complexity index is 583. The van der Waals surface area contributed by atoms with Crippen LogP contribution < -0.4 is 10.1 Å². The molecule has 23 heavy (non-hydrogen) atoms. The van der Waals surface area contributed by atoms with Crippen LogP contribution in [0.1, 0.15) is 37.0 Å². The minimum atomic E-state index is -0.543. The zero-order valence-electron chi connectivity index (χ0n) is 13.8. The topological polar surface area (TPSA) is 58.6 Å². The van der Waals surface area contributed by atoms with Crippen LogP contribution in [0, 0.1) is 5.92 Å². The first-order valence-corrected chi connectivity index (χ1v) is 8.25. The molecule has 6 heteroatoms. The third kappa shape index (κ3) is 4.16. The van der Waals surface area contributed by atoms with Crippen LogP contribution in [0.4, 0.5) is 0 Å². The van der Waals surface area contributed by atoms with Gasteiger partial charge in [0.25, 0.3) is 5.91 Å². The second-order valence-corrected chi connectivity index (χ2v) is 6.48. The molecule has 0 unspecified atom stereocenters. The number of ether oxygens (including phenoxy) is 1. The lowest BCUT2D eigenvalue weighted by molar-refractivity contribution is -0.133. The van der Waals surface area contributed by atoms with Crippen LogP contribution in [-0.2, 0) is 4.79 Å². The van der Waals surface area contributed by atoms with Gasteiger partial charge >= 0.3 is 0 Å². The molecule has 1 fully saturated rings. The van der Waals surface area contributed by atoms with Crippen LogP contribution >= 0.6 is 11.6 Å². The summed E-state index contributed by atoms with van der Waals surface area (Å²) in [7, 11) is 1.54. The highest BCUT2D eigenvalue weighted by Crippen LogP contribution is 2.23. The molecule has 2 rings (SSSR count). The van der Waals surface area contributed by atoms with E-state index in [1.54, 1.807) is 18.2 Å². The molecule has 1 aromatic rings. The number of carbonyl (C=O) groups is 2. The summed E-state index contributed by atoms with van der Waals surface area (Å²) in [6.45, 7) is 5.38. The van der Waals surface area contributed by atoms with Gasteiger partial charge < -0.3 is 15.0 Å². The molecule has 126 valence electrons. The van der Waals surface area contributed by atoms with E-state index < -0.39 is 6.04 Å². The highest BCUT2D eigenvalue weighted by molar-refractivity contribution is 6.34. The Balaban J connectivity index is 2.13. The van der Waals surface area contributed by atoms with Crippen molar-refractivity contribution in [3.63, 3.8) is 0 Å². The lowest BCUT2D eigenvalue weighted by atomic mass is 10.0. The molecule has 0 radical (unpaired) electrons. The van der Waals surface area contributed by atoms with Gasteiger partial charge in [0.1, 0.15) is 11.8 Å². The predicted molar refractivity (Wildman–Crippen MR) is 89.9 cm³/mol. The summed E-state index contributed by atoms with van der Waals surface area (Å²) >= 11 is 6.14. The molecule has 1 aliphatic rings. The number of nitrogens with zero attached hydrogens (tertiary/aromatic N) is 1. The number of nitrogens with one attached hydrogen (secondary N) is 1. The molecule has 1 aliphatic heterocycles. The maximum Gasteiger partial charge on any atom is 0.253 e. The van der Waals surface area contributed by atoms with Gasteiger partial charge in [0, 0.05) is 13.1 Å². The van der Waals surface area contributed by atoms with Gasteiger partial charge in [-0.3, -0.25) is 9.59 Å². The van der Waals surface area contributed by atoms with Crippen molar-refractivity contribution < 1.29 is 14.3 Å². The number of halogens is 1. The zero-order chi connectivity index (χ0) is 17.0. The molecule has 1 heterocycles. The minimum Gasteiger partial charge on any atom is -0.497 e. The molecule has 0 aromatic heterocycles. The van der Waals surface area contributed by atoms with Crippen LogP contribution in [0.3, 0.4) is 0 Å². The van der Waals surface area contributed by atoms with Crippen LogP contribution in [-0.4, -0.2) is 43.0 Å². The lowest BCUT2D eigenvalue weighted by Gasteiger charge is -2.26. The Morgan fingerprint density at radius 1 is 1.26 bits per heavy atom. The molecule has 0 bridgehead atoms. The van der Waals surface area contributed by atoms with E-state index in [2.05, 4.69) is 5.32 Å². The SMILES string of the molecule is COc1ccc(C(=O)N[C@H](C(=O)N2CCCC2)C(C)C)c(Cl)c1. The number of likely N-dealkylation sites (tertiary alicyclic amines) is 1. The number of hydrogen-bond donors (Lipinski definition) is 1. The molecule has 0 spiro atoms. The Hall–Kier alpha value is -1.75. The molecule has 1 atom stereocenters. The molecule has 1 saturated heterocycles. The molecule has 0 saturated carbocycles. The summed E-state index contributed by atoms with van der Waals surface area (Å²) < 4.78 is 5.08. The fraction of sp³-hybridized carbons (Fsp3) is 0.529. The van der Waals surface area contributed by atoms with Gasteiger partial charge in [-0.05, 0) is 37.0 Å². The summed E-state index contributed by atoms with van der Waals surface area (Å²) in [5.41, 5.74) is 0.340. The molecule has 0 aliphatic carbocycles. The van der Waals surface area contributed by atoms with E-state index in [-0.39, 0.29) is 17.7 Å². The van der Waals surface area contributed by atoms with Crippen molar-refractivity contribution in [2.45, 2.75) is 32.7 Å². The average Bonchev–Trinajstić information content (AvgIpc) is 3.05. The maximum atomic E-state index is 12.6. The fourth-order valence-electron chi connectivity index (χ4n) is 2.67. The first kappa shape index (κ1) is 17.6. The van der Waals surface area contributed by atoms with Gasteiger partial charge in [0.05, 0.1) is 17.7 Å². The van der Waals surface area contributed by atoms with Crippen molar-refractivity contribution >= 4 is 23.4 Å². The van der Waals surface area contributed by atoms with Crippen molar-refractivity contribution in [2.75, 3.05) is 20.2 Å². The third-order valence-electron chi connectivity index (χ3n) is 4.06. The summed E-state index contributed by atoms with van der Waals surface area (Å²) in [6, 6.07) is 4.32. The summed E-state index contributed by atoms with van der Waals surface area (Å²) in [5, 5.41) is 3.14. The van der Waals surface area contributed by atoms with E-state index >= 15 is 0 Å². The summed E-state index contributed by atoms with van der Waals surface area (Å²) in [4.78, 5) is 26.9. The number of amides is 2. The Morgan fingerprint density at radius 2 is 1.91 bits per heavy atom. The highest BCUT2D eigenvalue weighted by atomic mass is 35.5. The summed E-state index contributed by atoms with van der Waals surface area (Å²) in [6.07, 6.45) is 2.05. The Kier molecular flexibility index (Phi) is 5.88. The number of hydrogen-bond acceptors (Lipinski definition) is 3. The highest BCUT2D eigenvalue weighted by Gasteiger charge is 2.30. The van der Waals surface area contributed by atoms with E-state index in [0.717, 1.165) is 25.9 Å². The molecular weight excluding hydrogens is 316 g/mol. The van der Waals surface area contributed by atoms with Gasteiger partial charge in [0.15, 0.2) is 0 Å². The van der Waals surface area contributed by atoms with Gasteiger partial charge in [-0.2, -0.15) is 0 Å². The van der Waals surface area contributed by atoms with Crippen molar-refractivity contribution in [2.24, 2.45) is 5.92 Å². The number of methoxy groups -OCH3 is 1. The normalized spacial score (nSPS) is 15.6. The van der Waals surface area contributed by atoms with E-state index in [1.165, 1.54) is 7.11 Å². The van der Waals surface area contributed by atoms with Gasteiger partial charge in [-0.1, -0.05) is 25.4 Å². The van der Waals surface area contributed by atoms with E-state index in [1.807, 2.05) is 18.7 Å². The van der Waals surface area contributed by atoms with Crippen LogP contribution in [0.25, 0.3) is 0 Å². The minimum absolute atomic E-state index is 0.00377.